The van der Waals surface area contributed by atoms with Crippen LogP contribution in [0.4, 0.5) is 11.4 Å². The van der Waals surface area contributed by atoms with E-state index in [0.29, 0.717) is 30.5 Å². The molecule has 0 bridgehead atoms. The van der Waals surface area contributed by atoms with Crippen LogP contribution in [0, 0.1) is 0 Å². The smallest absolute Gasteiger partial charge is 0.224 e. The number of nitrogens with zero attached hydrogens (tertiary/aromatic N) is 3. The number of hydrogen-bond acceptors (Lipinski definition) is 7. The Hall–Kier alpha value is -2.71. The molecule has 1 aromatic heterocycles. The minimum Gasteiger partial charge on any atom is -0.508 e. The predicted molar refractivity (Wildman–Crippen MR) is 114 cm³/mol. The van der Waals surface area contributed by atoms with Crippen LogP contribution in [-0.2, 0) is 4.79 Å². The summed E-state index contributed by atoms with van der Waals surface area (Å²) in [5, 5.41) is 18.4. The second-order valence-electron chi connectivity index (χ2n) is 6.90. The molecule has 0 spiro atoms. The summed E-state index contributed by atoms with van der Waals surface area (Å²) < 4.78 is 10.8. The second kappa shape index (κ2) is 10.4. The third-order valence-electron chi connectivity index (χ3n) is 4.91. The highest BCUT2D eigenvalue weighted by atomic mass is 35.5. The monoisotopic (exact) mass is 435 g/mol. The fraction of sp³-hybridized carbons (Fsp3) is 0.429. The zero-order valence-corrected chi connectivity index (χ0v) is 17.6. The number of phenolic OH excluding ortho intramolecular Hbond substituents is 1. The van der Waals surface area contributed by atoms with Gasteiger partial charge in [0, 0.05) is 31.6 Å². The Morgan fingerprint density at radius 1 is 1.27 bits per heavy atom. The van der Waals surface area contributed by atoms with Gasteiger partial charge in [0.25, 0.3) is 0 Å². The number of benzene rings is 1. The Morgan fingerprint density at radius 2 is 2.03 bits per heavy atom. The SMILES string of the molecule is COc1cc(N2CCOc3ccc(O)cc32)cnc1Cl.O=C(CCO)N1CCCC1. The van der Waals surface area contributed by atoms with Crippen LogP contribution in [-0.4, -0.2) is 66.0 Å². The molecule has 3 heterocycles. The van der Waals surface area contributed by atoms with Crippen LogP contribution in [0.2, 0.25) is 5.15 Å². The van der Waals surface area contributed by atoms with E-state index in [1.54, 1.807) is 31.5 Å². The molecule has 1 fully saturated rings. The summed E-state index contributed by atoms with van der Waals surface area (Å²) in [5.41, 5.74) is 1.63. The summed E-state index contributed by atoms with van der Waals surface area (Å²) in [4.78, 5) is 18.9. The fourth-order valence-corrected chi connectivity index (χ4v) is 3.58. The number of methoxy groups -OCH3 is 1. The van der Waals surface area contributed by atoms with E-state index in [1.165, 1.54) is 0 Å². The first-order chi connectivity index (χ1) is 14.5. The Kier molecular flexibility index (Phi) is 7.59. The molecule has 0 saturated carbocycles. The van der Waals surface area contributed by atoms with Gasteiger partial charge >= 0.3 is 0 Å². The van der Waals surface area contributed by atoms with Crippen LogP contribution in [0.15, 0.2) is 30.5 Å². The van der Waals surface area contributed by atoms with Crippen molar-refractivity contribution in [2.75, 3.05) is 44.9 Å². The third kappa shape index (κ3) is 5.25. The van der Waals surface area contributed by atoms with Gasteiger partial charge in [-0.05, 0) is 25.0 Å². The highest BCUT2D eigenvalue weighted by Crippen LogP contribution is 2.40. The number of carbonyl (C=O) groups excluding carboxylic acids is 1. The molecule has 162 valence electrons. The van der Waals surface area contributed by atoms with E-state index in [9.17, 15) is 9.90 Å². The van der Waals surface area contributed by atoms with Crippen LogP contribution >= 0.6 is 11.6 Å². The number of rotatable bonds is 4. The first kappa shape index (κ1) is 22.0. The lowest BCUT2D eigenvalue weighted by Crippen LogP contribution is -2.28. The third-order valence-corrected chi connectivity index (χ3v) is 5.20. The van der Waals surface area contributed by atoms with E-state index < -0.39 is 0 Å². The number of ether oxygens (including phenoxy) is 2. The molecule has 2 aliphatic heterocycles. The Balaban J connectivity index is 0.000000216. The van der Waals surface area contributed by atoms with Crippen molar-refractivity contribution in [2.24, 2.45) is 0 Å². The zero-order valence-electron chi connectivity index (χ0n) is 16.9. The van der Waals surface area contributed by atoms with Gasteiger partial charge in [0.15, 0.2) is 10.9 Å². The normalized spacial score (nSPS) is 15.0. The molecular formula is C21H26ClN3O5. The van der Waals surface area contributed by atoms with Gasteiger partial charge < -0.3 is 29.5 Å². The van der Waals surface area contributed by atoms with E-state index in [0.717, 1.165) is 43.1 Å². The molecule has 1 saturated heterocycles. The average molecular weight is 436 g/mol. The highest BCUT2D eigenvalue weighted by molar-refractivity contribution is 6.30. The van der Waals surface area contributed by atoms with Gasteiger partial charge in [0.2, 0.25) is 5.91 Å². The quantitative estimate of drug-likeness (QED) is 0.713. The Morgan fingerprint density at radius 3 is 2.73 bits per heavy atom. The van der Waals surface area contributed by atoms with E-state index >= 15 is 0 Å². The number of halogens is 1. The number of fused-ring (bicyclic) bond motifs is 1. The minimum atomic E-state index is -0.0185. The van der Waals surface area contributed by atoms with Crippen molar-refractivity contribution in [3.63, 3.8) is 0 Å². The van der Waals surface area contributed by atoms with Crippen molar-refractivity contribution in [3.8, 4) is 17.2 Å². The zero-order chi connectivity index (χ0) is 21.5. The molecule has 1 amide bonds. The van der Waals surface area contributed by atoms with E-state index in [-0.39, 0.29) is 18.3 Å². The van der Waals surface area contributed by atoms with Crippen LogP contribution in [0.25, 0.3) is 0 Å². The van der Waals surface area contributed by atoms with Crippen molar-refractivity contribution in [3.05, 3.63) is 35.6 Å². The van der Waals surface area contributed by atoms with Gasteiger partial charge in [0.05, 0.1) is 37.8 Å². The first-order valence-corrected chi connectivity index (χ1v) is 10.2. The number of anilines is 2. The van der Waals surface area contributed by atoms with Crippen molar-refractivity contribution in [1.29, 1.82) is 0 Å². The standard InChI is InChI=1S/C14H13ClN2O3.C7H13NO2/c1-19-13-6-9(8-16-14(13)15)17-4-5-20-12-3-2-10(18)7-11(12)17;9-6-3-7(10)8-4-1-2-5-8/h2-3,6-8,18H,4-5H2,1H3;9H,1-6H2. The topological polar surface area (TPSA) is 95.4 Å². The van der Waals surface area contributed by atoms with Gasteiger partial charge in [0.1, 0.15) is 18.1 Å². The number of carbonyl (C=O) groups is 1. The average Bonchev–Trinajstić information content (AvgIpc) is 3.29. The van der Waals surface area contributed by atoms with E-state index in [4.69, 9.17) is 26.2 Å². The second-order valence-corrected chi connectivity index (χ2v) is 7.26. The Bertz CT molecular complexity index is 874. The van der Waals surface area contributed by atoms with Gasteiger partial charge in [-0.15, -0.1) is 0 Å². The summed E-state index contributed by atoms with van der Waals surface area (Å²) in [6.07, 6.45) is 4.21. The van der Waals surface area contributed by atoms with Crippen molar-refractivity contribution in [2.45, 2.75) is 19.3 Å². The van der Waals surface area contributed by atoms with Crippen LogP contribution in [0.3, 0.4) is 0 Å². The molecule has 0 aliphatic carbocycles. The predicted octanol–water partition coefficient (Wildman–Crippen LogP) is 2.97. The number of pyridine rings is 1. The summed E-state index contributed by atoms with van der Waals surface area (Å²) in [5.74, 6) is 1.52. The van der Waals surface area contributed by atoms with Gasteiger partial charge in [-0.2, -0.15) is 0 Å². The largest absolute Gasteiger partial charge is 0.508 e. The molecule has 0 atom stereocenters. The maximum atomic E-state index is 11.0. The number of aliphatic hydroxyl groups is 1. The number of aliphatic hydroxyl groups excluding tert-OH is 1. The number of phenols is 1. The fourth-order valence-electron chi connectivity index (χ4n) is 3.40. The molecule has 8 nitrogen and oxygen atoms in total. The summed E-state index contributed by atoms with van der Waals surface area (Å²) in [6, 6.07) is 6.82. The summed E-state index contributed by atoms with van der Waals surface area (Å²) >= 11 is 5.94. The van der Waals surface area contributed by atoms with Gasteiger partial charge in [-0.1, -0.05) is 11.6 Å². The number of hydrogen-bond donors (Lipinski definition) is 2. The number of amides is 1. The van der Waals surface area contributed by atoms with E-state index in [2.05, 4.69) is 4.98 Å². The van der Waals surface area contributed by atoms with Crippen molar-refractivity contribution >= 4 is 28.9 Å². The van der Waals surface area contributed by atoms with Gasteiger partial charge in [-0.3, -0.25) is 4.79 Å². The molecule has 0 unspecified atom stereocenters. The molecular weight excluding hydrogens is 410 g/mol. The number of aromatic nitrogens is 1. The maximum Gasteiger partial charge on any atom is 0.224 e. The van der Waals surface area contributed by atoms with Crippen LogP contribution < -0.4 is 14.4 Å². The van der Waals surface area contributed by atoms with Crippen LogP contribution in [0.5, 0.6) is 17.2 Å². The lowest BCUT2D eigenvalue weighted by molar-refractivity contribution is -0.130. The maximum absolute atomic E-state index is 11.0. The molecule has 30 heavy (non-hydrogen) atoms. The Labute approximate surface area is 180 Å². The number of likely N-dealkylation sites (tertiary alicyclic amines) is 1. The molecule has 9 heteroatoms. The molecule has 0 radical (unpaired) electrons. The highest BCUT2D eigenvalue weighted by Gasteiger charge is 2.21. The van der Waals surface area contributed by atoms with Gasteiger partial charge in [-0.25, -0.2) is 4.98 Å². The molecule has 2 aromatic rings. The summed E-state index contributed by atoms with van der Waals surface area (Å²) in [6.45, 7) is 2.97. The van der Waals surface area contributed by atoms with Crippen LogP contribution in [0.1, 0.15) is 19.3 Å². The lowest BCUT2D eigenvalue weighted by atomic mass is 10.2. The molecule has 1 aromatic carbocycles. The first-order valence-electron chi connectivity index (χ1n) is 9.85. The minimum absolute atomic E-state index is 0.0185. The number of aromatic hydroxyl groups is 1. The molecule has 2 N–H and O–H groups in total. The van der Waals surface area contributed by atoms with E-state index in [1.807, 2.05) is 15.9 Å². The molecule has 4 rings (SSSR count). The lowest BCUT2D eigenvalue weighted by Gasteiger charge is -2.31. The summed E-state index contributed by atoms with van der Waals surface area (Å²) in [7, 11) is 1.55. The van der Waals surface area contributed by atoms with Crippen molar-refractivity contribution < 1.29 is 24.5 Å². The molecule has 2 aliphatic rings. The van der Waals surface area contributed by atoms with Crippen molar-refractivity contribution in [1.82, 2.24) is 9.88 Å².